The largest absolute Gasteiger partial charge is 0.496 e. The van der Waals surface area contributed by atoms with Gasteiger partial charge in [0.25, 0.3) is 0 Å². The van der Waals surface area contributed by atoms with Gasteiger partial charge in [0.15, 0.2) is 0 Å². The van der Waals surface area contributed by atoms with Gasteiger partial charge < -0.3 is 35.5 Å². The number of hydrogen-bond donors (Lipinski definition) is 3. The first-order valence-electron chi connectivity index (χ1n) is 14.1. The molecule has 42 heavy (non-hydrogen) atoms. The summed E-state index contributed by atoms with van der Waals surface area (Å²) in [5, 5.41) is 5.40. The second kappa shape index (κ2) is 14.7. The van der Waals surface area contributed by atoms with E-state index in [9.17, 15) is 19.2 Å². The Morgan fingerprint density at radius 3 is 2.24 bits per heavy atom. The highest BCUT2D eigenvalue weighted by Crippen LogP contribution is 2.39. The van der Waals surface area contributed by atoms with Crippen LogP contribution in [0.25, 0.3) is 11.1 Å². The van der Waals surface area contributed by atoms with Crippen LogP contribution in [0.4, 0.5) is 0 Å². The zero-order valence-corrected chi connectivity index (χ0v) is 25.2. The molecular formula is C31H42N4O7. The number of fused-ring (bicyclic) bond motifs is 5. The first-order chi connectivity index (χ1) is 20.1. The lowest BCUT2D eigenvalue weighted by Crippen LogP contribution is -2.54. The van der Waals surface area contributed by atoms with Crippen molar-refractivity contribution in [2.45, 2.75) is 70.1 Å². The molecule has 0 aliphatic carbocycles. The maximum absolute atomic E-state index is 13.8. The summed E-state index contributed by atoms with van der Waals surface area (Å²) in [6, 6.07) is 6.64. The average molecular weight is 583 g/mol. The van der Waals surface area contributed by atoms with E-state index in [-0.39, 0.29) is 6.42 Å². The Morgan fingerprint density at radius 1 is 0.976 bits per heavy atom. The normalized spacial score (nSPS) is 19.5. The number of nitrogens with two attached hydrogens (primary N) is 1. The molecule has 4 N–H and O–H groups in total. The van der Waals surface area contributed by atoms with Crippen molar-refractivity contribution in [3.63, 3.8) is 0 Å². The molecule has 1 heterocycles. The van der Waals surface area contributed by atoms with Crippen LogP contribution in [-0.4, -0.2) is 75.1 Å². The Bertz CT molecular complexity index is 1300. The van der Waals surface area contributed by atoms with Crippen molar-refractivity contribution in [2.75, 3.05) is 28.4 Å². The molecule has 2 aromatic rings. The van der Waals surface area contributed by atoms with Gasteiger partial charge in [0.2, 0.25) is 17.7 Å². The Hall–Kier alpha value is -4.12. The van der Waals surface area contributed by atoms with E-state index >= 15 is 0 Å². The summed E-state index contributed by atoms with van der Waals surface area (Å²) in [4.78, 5) is 54.4. The molecule has 1 aliphatic heterocycles. The van der Waals surface area contributed by atoms with Crippen molar-refractivity contribution < 1.29 is 33.4 Å². The third kappa shape index (κ3) is 7.39. The smallest absolute Gasteiger partial charge is 0.328 e. The van der Waals surface area contributed by atoms with Crippen molar-refractivity contribution >= 4 is 23.7 Å². The minimum Gasteiger partial charge on any atom is -0.496 e. The van der Waals surface area contributed by atoms with E-state index < -0.39 is 47.9 Å². The van der Waals surface area contributed by atoms with Crippen molar-refractivity contribution in [3.8, 4) is 22.6 Å². The van der Waals surface area contributed by atoms with Gasteiger partial charge in [-0.15, -0.1) is 0 Å². The van der Waals surface area contributed by atoms with Crippen molar-refractivity contribution in [3.05, 3.63) is 47.5 Å². The summed E-state index contributed by atoms with van der Waals surface area (Å²) in [5.41, 5.74) is 8.73. The minimum absolute atomic E-state index is 0.133. The molecule has 1 aliphatic rings. The zero-order valence-electron chi connectivity index (χ0n) is 25.2. The summed E-state index contributed by atoms with van der Waals surface area (Å²) in [6.07, 6.45) is 3.33. The summed E-state index contributed by atoms with van der Waals surface area (Å²) in [7, 11) is 5.84. The molecule has 3 amide bonds. The number of nitrogens with zero attached hydrogens (tertiary/aromatic N) is 1. The maximum Gasteiger partial charge on any atom is 0.328 e. The molecule has 0 unspecified atom stereocenters. The fourth-order valence-electron chi connectivity index (χ4n) is 5.10. The molecule has 0 aromatic heterocycles. The van der Waals surface area contributed by atoms with Crippen molar-refractivity contribution in [1.29, 1.82) is 0 Å². The molecule has 228 valence electrons. The number of amides is 3. The molecule has 11 nitrogen and oxygen atoms in total. The molecule has 4 atom stereocenters. The Balaban J connectivity index is 2.21. The standard InChI is InChI=1S/C31H42N4O7/c1-7-8-9-10-23(32)30(38)35(3)27-20-12-14-26(41-5)22(17-20)21-15-19(11-13-25(21)40-4)16-24(31(39)42-6)34-28(36)18(2)33-29(27)37/h11-15,17-18,23-24,27H,7-10,16,32H2,1-6H3,(H,33,37)(H,34,36)/t18-,23-,24-,27-/m0/s1. The van der Waals surface area contributed by atoms with E-state index in [1.165, 1.54) is 40.2 Å². The number of carbonyl (C=O) groups is 4. The van der Waals surface area contributed by atoms with Crippen LogP contribution in [0.3, 0.4) is 0 Å². The fraction of sp³-hybridized carbons (Fsp3) is 0.484. The highest BCUT2D eigenvalue weighted by molar-refractivity contribution is 5.95. The molecule has 0 spiro atoms. The lowest BCUT2D eigenvalue weighted by molar-refractivity contribution is -0.145. The van der Waals surface area contributed by atoms with Crippen LogP contribution >= 0.6 is 0 Å². The first kappa shape index (κ1) is 32.4. The predicted molar refractivity (Wildman–Crippen MR) is 158 cm³/mol. The van der Waals surface area contributed by atoms with Crippen LogP contribution in [0.2, 0.25) is 0 Å². The molecule has 0 saturated carbocycles. The van der Waals surface area contributed by atoms with Gasteiger partial charge in [-0.05, 0) is 48.7 Å². The lowest BCUT2D eigenvalue weighted by Gasteiger charge is -2.31. The monoisotopic (exact) mass is 582 g/mol. The van der Waals surface area contributed by atoms with Crippen LogP contribution in [0.1, 0.15) is 56.7 Å². The Kier molecular flexibility index (Phi) is 11.3. The summed E-state index contributed by atoms with van der Waals surface area (Å²) < 4.78 is 16.3. The van der Waals surface area contributed by atoms with E-state index in [0.29, 0.717) is 34.6 Å². The molecule has 3 rings (SSSR count). The SMILES string of the molecule is CCCCC[C@H](N)C(=O)N(C)[C@@H]1C(=O)N[C@@H](C)C(=O)N[C@H](C(=O)OC)Cc2ccc(OC)c(c2)-c2cc1ccc2OC. The van der Waals surface area contributed by atoms with E-state index in [2.05, 4.69) is 17.6 Å². The fourth-order valence-corrected chi connectivity index (χ4v) is 5.10. The Morgan fingerprint density at radius 2 is 1.62 bits per heavy atom. The molecule has 0 radical (unpaired) electrons. The van der Waals surface area contributed by atoms with Gasteiger partial charge >= 0.3 is 5.97 Å². The number of likely N-dealkylation sites (N-methyl/N-ethyl adjacent to an activating group) is 1. The van der Waals surface area contributed by atoms with Gasteiger partial charge in [0.05, 0.1) is 27.4 Å². The summed E-state index contributed by atoms with van der Waals surface area (Å²) >= 11 is 0. The minimum atomic E-state index is -1.12. The van der Waals surface area contributed by atoms with Crippen LogP contribution in [0.15, 0.2) is 36.4 Å². The Labute approximate surface area is 247 Å². The van der Waals surface area contributed by atoms with Crippen LogP contribution < -0.4 is 25.8 Å². The highest BCUT2D eigenvalue weighted by atomic mass is 16.5. The molecule has 4 bridgehead atoms. The zero-order chi connectivity index (χ0) is 31.0. The van der Waals surface area contributed by atoms with Crippen LogP contribution in [0, 0.1) is 0 Å². The van der Waals surface area contributed by atoms with Gasteiger partial charge in [-0.2, -0.15) is 0 Å². The maximum atomic E-state index is 13.8. The van der Waals surface area contributed by atoms with Crippen molar-refractivity contribution in [2.24, 2.45) is 5.73 Å². The number of ether oxygens (including phenoxy) is 3. The van der Waals surface area contributed by atoms with E-state index in [1.807, 2.05) is 6.07 Å². The van der Waals surface area contributed by atoms with E-state index in [0.717, 1.165) is 24.8 Å². The van der Waals surface area contributed by atoms with Gasteiger partial charge in [-0.3, -0.25) is 14.4 Å². The topological polar surface area (TPSA) is 149 Å². The third-order valence-corrected chi connectivity index (χ3v) is 7.51. The highest BCUT2D eigenvalue weighted by Gasteiger charge is 2.34. The van der Waals surface area contributed by atoms with Gasteiger partial charge in [0, 0.05) is 24.6 Å². The van der Waals surface area contributed by atoms with E-state index in [1.54, 1.807) is 30.3 Å². The second-order valence-electron chi connectivity index (χ2n) is 10.5. The van der Waals surface area contributed by atoms with Crippen LogP contribution in [0.5, 0.6) is 11.5 Å². The summed E-state index contributed by atoms with van der Waals surface area (Å²) in [6.45, 7) is 3.57. The number of carbonyl (C=O) groups excluding carboxylic acids is 4. The third-order valence-electron chi connectivity index (χ3n) is 7.51. The van der Waals surface area contributed by atoms with Gasteiger partial charge in [0.1, 0.15) is 29.6 Å². The van der Waals surface area contributed by atoms with Gasteiger partial charge in [-0.25, -0.2) is 4.79 Å². The number of nitrogens with one attached hydrogen (secondary N) is 2. The number of methoxy groups -OCH3 is 3. The first-order valence-corrected chi connectivity index (χ1v) is 14.1. The molecule has 0 fully saturated rings. The molecule has 2 aromatic carbocycles. The second-order valence-corrected chi connectivity index (χ2v) is 10.5. The number of benzene rings is 2. The number of unbranched alkanes of at least 4 members (excludes halogenated alkanes) is 2. The van der Waals surface area contributed by atoms with Gasteiger partial charge in [-0.1, -0.05) is 38.3 Å². The van der Waals surface area contributed by atoms with E-state index in [4.69, 9.17) is 19.9 Å². The number of esters is 1. The number of rotatable bonds is 9. The summed E-state index contributed by atoms with van der Waals surface area (Å²) in [5.74, 6) is -1.16. The quantitative estimate of drug-likeness (QED) is 0.302. The van der Waals surface area contributed by atoms with Crippen LogP contribution in [-0.2, 0) is 30.3 Å². The average Bonchev–Trinajstić information content (AvgIpc) is 2.99. The molecule has 11 heteroatoms. The van der Waals surface area contributed by atoms with Crippen molar-refractivity contribution in [1.82, 2.24) is 15.5 Å². The predicted octanol–water partition coefficient (Wildman–Crippen LogP) is 2.50. The molecular weight excluding hydrogens is 540 g/mol. The lowest BCUT2D eigenvalue weighted by atomic mass is 9.93. The number of hydrogen-bond acceptors (Lipinski definition) is 8. The molecule has 0 saturated heterocycles.